The van der Waals surface area contributed by atoms with Crippen LogP contribution in [0.1, 0.15) is 21.3 Å². The van der Waals surface area contributed by atoms with Crippen molar-refractivity contribution in [1.82, 2.24) is 14.4 Å². The van der Waals surface area contributed by atoms with Gasteiger partial charge in [0.05, 0.1) is 0 Å². The molecule has 1 atom stereocenters. The number of benzene rings is 1. The molecule has 7 nitrogen and oxygen atoms in total. The first kappa shape index (κ1) is 23.7. The molecule has 9 heteroatoms. The normalized spacial score (nSPS) is 12.9. The van der Waals surface area contributed by atoms with Crippen molar-refractivity contribution in [3.8, 4) is 10.4 Å². The number of hydrogen-bond donors (Lipinski definition) is 2. The summed E-state index contributed by atoms with van der Waals surface area (Å²) in [4.78, 5) is 14.9. The molecule has 0 fully saturated rings. The van der Waals surface area contributed by atoms with E-state index in [1.165, 1.54) is 46.9 Å². The molecule has 1 amide bonds. The van der Waals surface area contributed by atoms with Gasteiger partial charge in [-0.3, -0.25) is 14.0 Å². The van der Waals surface area contributed by atoms with E-state index in [0.717, 1.165) is 27.0 Å². The molecular formula is C23H25N3O4S2. The maximum atomic E-state index is 13.2. The fraction of sp³-hybridized carbons (Fsp3) is 0.174. The van der Waals surface area contributed by atoms with Gasteiger partial charge in [0.15, 0.2) is 0 Å². The Balaban J connectivity index is 1.87. The van der Waals surface area contributed by atoms with Crippen molar-refractivity contribution >= 4 is 33.3 Å². The van der Waals surface area contributed by atoms with Crippen LogP contribution in [0.2, 0.25) is 0 Å². The van der Waals surface area contributed by atoms with Crippen molar-refractivity contribution in [3.05, 3.63) is 89.6 Å². The lowest BCUT2D eigenvalue weighted by Crippen LogP contribution is -2.17. The highest BCUT2D eigenvalue weighted by molar-refractivity contribution is 7.90. The third kappa shape index (κ3) is 5.43. The van der Waals surface area contributed by atoms with Gasteiger partial charge in [-0.1, -0.05) is 24.3 Å². The number of hydrogen-bond acceptors (Lipinski definition) is 6. The Bertz CT molecular complexity index is 1240. The summed E-state index contributed by atoms with van der Waals surface area (Å²) in [7, 11) is 0.225. The molecule has 0 saturated heterocycles. The summed E-state index contributed by atoms with van der Waals surface area (Å²) < 4.78 is 27.6. The predicted octanol–water partition coefficient (Wildman–Crippen LogP) is 3.90. The van der Waals surface area contributed by atoms with Crippen molar-refractivity contribution in [1.29, 1.82) is 0 Å². The Morgan fingerprint density at radius 3 is 2.75 bits per heavy atom. The summed E-state index contributed by atoms with van der Waals surface area (Å²) in [6, 6.07) is 13.5. The van der Waals surface area contributed by atoms with Crippen LogP contribution in [0, 0.1) is 0 Å². The van der Waals surface area contributed by atoms with Gasteiger partial charge in [-0.2, -0.15) is 0 Å². The first-order valence-corrected chi connectivity index (χ1v) is 12.1. The molecule has 0 saturated carbocycles. The second-order valence-corrected chi connectivity index (χ2v) is 10.5. The van der Waals surface area contributed by atoms with E-state index < -0.39 is 21.2 Å². The van der Waals surface area contributed by atoms with Gasteiger partial charge >= 0.3 is 0 Å². The van der Waals surface area contributed by atoms with Crippen molar-refractivity contribution in [2.75, 3.05) is 14.1 Å². The van der Waals surface area contributed by atoms with Crippen LogP contribution in [0.4, 0.5) is 0 Å². The van der Waals surface area contributed by atoms with E-state index in [-0.39, 0.29) is 0 Å². The summed E-state index contributed by atoms with van der Waals surface area (Å²) in [5.74, 6) is -0.703. The number of carbonyl (C=O) groups excluding carboxylic acids is 1. The minimum absolute atomic E-state index is 0.504. The molecule has 2 aromatic heterocycles. The van der Waals surface area contributed by atoms with Gasteiger partial charge in [0.2, 0.25) is 10.0 Å². The van der Waals surface area contributed by atoms with Crippen LogP contribution in [-0.4, -0.2) is 42.5 Å². The van der Waals surface area contributed by atoms with Gasteiger partial charge in [-0.05, 0) is 61.1 Å². The average Bonchev–Trinajstić information content (AvgIpc) is 3.42. The molecule has 0 aliphatic carbocycles. The van der Waals surface area contributed by atoms with Gasteiger partial charge in [0.25, 0.3) is 5.91 Å². The zero-order valence-electron chi connectivity index (χ0n) is 17.8. The molecular weight excluding hydrogens is 446 g/mol. The van der Waals surface area contributed by atoms with Crippen molar-refractivity contribution in [2.45, 2.75) is 11.8 Å². The van der Waals surface area contributed by atoms with E-state index in [1.54, 1.807) is 6.07 Å². The maximum absolute atomic E-state index is 13.2. The Morgan fingerprint density at radius 2 is 2.06 bits per heavy atom. The van der Waals surface area contributed by atoms with Gasteiger partial charge in [0.1, 0.15) is 5.25 Å². The summed E-state index contributed by atoms with van der Waals surface area (Å²) >= 11 is 1.42. The monoisotopic (exact) mass is 471 g/mol. The van der Waals surface area contributed by atoms with E-state index >= 15 is 0 Å². The molecule has 3 rings (SSSR count). The molecule has 1 unspecified atom stereocenters. The Hall–Kier alpha value is -2.98. The van der Waals surface area contributed by atoms with Crippen LogP contribution in [0.5, 0.6) is 0 Å². The first-order valence-electron chi connectivity index (χ1n) is 9.75. The van der Waals surface area contributed by atoms with Gasteiger partial charge < -0.3 is 4.90 Å². The lowest BCUT2D eigenvalue weighted by molar-refractivity contribution is -0.124. The van der Waals surface area contributed by atoms with E-state index in [9.17, 15) is 13.2 Å². The Morgan fingerprint density at radius 1 is 1.28 bits per heavy atom. The molecule has 0 bridgehead atoms. The van der Waals surface area contributed by atoms with E-state index in [2.05, 4.69) is 23.6 Å². The standard InChI is InChI=1S/C23H25N3O4S2/c1-4-22(32(29,30)26-13-12-17(16-26)8-11-23(27)24-28)21-10-9-20(31-21)19-7-5-6-18(14-19)15-25(2)3/h4-14,16,22,28H,1,15H2,2-3H3,(H,24,27)/b11-8+. The second-order valence-electron chi connectivity index (χ2n) is 7.43. The number of rotatable bonds is 9. The molecule has 32 heavy (non-hydrogen) atoms. The van der Waals surface area contributed by atoms with Crippen LogP contribution in [0.3, 0.4) is 0 Å². The molecule has 168 valence electrons. The van der Waals surface area contributed by atoms with Gasteiger partial charge in [0, 0.05) is 34.8 Å². The van der Waals surface area contributed by atoms with Crippen LogP contribution in [0.15, 0.2) is 73.6 Å². The summed E-state index contributed by atoms with van der Waals surface area (Å²) in [5.41, 5.74) is 4.21. The second kappa shape index (κ2) is 10.1. The highest BCUT2D eigenvalue weighted by Gasteiger charge is 2.27. The third-order valence-electron chi connectivity index (χ3n) is 4.67. The van der Waals surface area contributed by atoms with Crippen molar-refractivity contribution < 1.29 is 18.4 Å². The fourth-order valence-electron chi connectivity index (χ4n) is 3.22. The number of aromatic nitrogens is 1. The minimum atomic E-state index is -3.80. The maximum Gasteiger partial charge on any atom is 0.267 e. The number of nitrogens with one attached hydrogen (secondary N) is 1. The Labute approximate surface area is 191 Å². The number of carbonyl (C=O) groups is 1. The average molecular weight is 472 g/mol. The lowest BCUT2D eigenvalue weighted by Gasteiger charge is -2.13. The molecule has 0 radical (unpaired) electrons. The molecule has 2 heterocycles. The quantitative estimate of drug-likeness (QED) is 0.214. The molecule has 0 aliphatic rings. The summed E-state index contributed by atoms with van der Waals surface area (Å²) in [6.07, 6.45) is 6.76. The molecule has 3 aromatic rings. The highest BCUT2D eigenvalue weighted by Crippen LogP contribution is 2.36. The van der Waals surface area contributed by atoms with Crippen LogP contribution >= 0.6 is 11.3 Å². The number of hydroxylamine groups is 1. The zero-order chi connectivity index (χ0) is 23.3. The molecule has 0 spiro atoms. The zero-order valence-corrected chi connectivity index (χ0v) is 19.4. The largest absolute Gasteiger partial charge is 0.305 e. The third-order valence-corrected chi connectivity index (χ3v) is 7.94. The van der Waals surface area contributed by atoms with E-state index in [1.807, 2.05) is 38.4 Å². The van der Waals surface area contributed by atoms with Gasteiger partial charge in [-0.25, -0.2) is 13.9 Å². The summed E-state index contributed by atoms with van der Waals surface area (Å²) in [6.45, 7) is 4.57. The van der Waals surface area contributed by atoms with Crippen LogP contribution in [0.25, 0.3) is 16.5 Å². The molecule has 2 N–H and O–H groups in total. The van der Waals surface area contributed by atoms with E-state index in [4.69, 9.17) is 5.21 Å². The van der Waals surface area contributed by atoms with Crippen LogP contribution in [-0.2, 0) is 21.4 Å². The van der Waals surface area contributed by atoms with Crippen molar-refractivity contribution in [3.63, 3.8) is 0 Å². The highest BCUT2D eigenvalue weighted by atomic mass is 32.2. The summed E-state index contributed by atoms with van der Waals surface area (Å²) in [5, 5.41) is 7.63. The minimum Gasteiger partial charge on any atom is -0.305 e. The van der Waals surface area contributed by atoms with Crippen molar-refractivity contribution in [2.24, 2.45) is 0 Å². The van der Waals surface area contributed by atoms with Crippen LogP contribution < -0.4 is 5.48 Å². The lowest BCUT2D eigenvalue weighted by atomic mass is 10.1. The van der Waals surface area contributed by atoms with E-state index in [0.29, 0.717) is 10.4 Å². The number of amides is 1. The predicted molar refractivity (Wildman–Crippen MR) is 128 cm³/mol. The SMILES string of the molecule is C=CC(c1ccc(-c2cccc(CN(C)C)c2)s1)S(=O)(=O)n1ccc(/C=C/C(=O)NO)c1. The number of nitrogens with zero attached hydrogens (tertiary/aromatic N) is 2. The van der Waals surface area contributed by atoms with Gasteiger partial charge in [-0.15, -0.1) is 17.9 Å². The topological polar surface area (TPSA) is 91.6 Å². The fourth-order valence-corrected chi connectivity index (χ4v) is 6.09. The number of thiophene rings is 1. The first-order chi connectivity index (χ1) is 15.2. The smallest absolute Gasteiger partial charge is 0.267 e. The molecule has 0 aliphatic heterocycles. The Kier molecular flexibility index (Phi) is 7.47. The molecule has 1 aromatic carbocycles.